The quantitative estimate of drug-likeness (QED) is 0.733. The minimum absolute atomic E-state index is 0.0438. The largest absolute Gasteiger partial charge is 0.369 e. The zero-order valence-corrected chi connectivity index (χ0v) is 9.61. The third kappa shape index (κ3) is 1.57. The first-order valence-corrected chi connectivity index (χ1v) is 5.83. The molecule has 3 atom stereocenters. The molecule has 90 valence electrons. The standard InChI is InChI=1S/C14H12N2O2/c15-14(18)9-5-6-12(17)13-10(9)7-8-3-1-2-4-11(8)16-13/h1-9,11H,(H2,15,18). The lowest BCUT2D eigenvalue weighted by Crippen LogP contribution is -2.37. The van der Waals surface area contributed by atoms with Crippen molar-refractivity contribution in [1.29, 1.82) is 0 Å². The summed E-state index contributed by atoms with van der Waals surface area (Å²) < 4.78 is 0. The fraction of sp³-hybridized carbons (Fsp3) is 0.214. The fourth-order valence-electron chi connectivity index (χ4n) is 2.48. The number of primary amides is 1. The number of nitrogens with zero attached hydrogens (tertiary/aromatic N) is 1. The summed E-state index contributed by atoms with van der Waals surface area (Å²) in [5, 5.41) is 0. The number of dihydropyridines is 1. The number of aliphatic imine (C=N–C) groups is 1. The van der Waals surface area contributed by atoms with Gasteiger partial charge in [-0.15, -0.1) is 0 Å². The highest BCUT2D eigenvalue weighted by Gasteiger charge is 2.34. The van der Waals surface area contributed by atoms with Crippen LogP contribution < -0.4 is 5.73 Å². The third-order valence-electron chi connectivity index (χ3n) is 3.39. The highest BCUT2D eigenvalue weighted by Crippen LogP contribution is 2.31. The molecule has 0 aromatic heterocycles. The molecule has 0 saturated heterocycles. The van der Waals surface area contributed by atoms with E-state index < -0.39 is 11.8 Å². The van der Waals surface area contributed by atoms with Crippen LogP contribution in [0.4, 0.5) is 0 Å². The van der Waals surface area contributed by atoms with E-state index in [2.05, 4.69) is 4.99 Å². The smallest absolute Gasteiger partial charge is 0.228 e. The van der Waals surface area contributed by atoms with Crippen molar-refractivity contribution >= 4 is 17.4 Å². The van der Waals surface area contributed by atoms with E-state index in [0.717, 1.165) is 0 Å². The molecule has 3 aliphatic rings. The van der Waals surface area contributed by atoms with Crippen LogP contribution >= 0.6 is 0 Å². The molecule has 0 saturated carbocycles. The summed E-state index contributed by atoms with van der Waals surface area (Å²) >= 11 is 0. The van der Waals surface area contributed by atoms with Gasteiger partial charge in [0.2, 0.25) is 11.7 Å². The lowest BCUT2D eigenvalue weighted by atomic mass is 9.80. The molecular weight excluding hydrogens is 228 g/mol. The molecular formula is C14H12N2O2. The van der Waals surface area contributed by atoms with Gasteiger partial charge in [0.25, 0.3) is 0 Å². The highest BCUT2D eigenvalue weighted by atomic mass is 16.1. The van der Waals surface area contributed by atoms with E-state index in [0.29, 0.717) is 11.3 Å². The zero-order valence-electron chi connectivity index (χ0n) is 9.61. The minimum atomic E-state index is -0.540. The molecule has 1 aliphatic heterocycles. The number of amides is 1. The lowest BCUT2D eigenvalue weighted by molar-refractivity contribution is -0.119. The van der Waals surface area contributed by atoms with Crippen molar-refractivity contribution in [2.75, 3.05) is 0 Å². The molecule has 0 aromatic rings. The second kappa shape index (κ2) is 3.91. The van der Waals surface area contributed by atoms with Crippen molar-refractivity contribution < 1.29 is 9.59 Å². The Morgan fingerprint density at radius 3 is 2.78 bits per heavy atom. The molecule has 1 amide bonds. The van der Waals surface area contributed by atoms with Gasteiger partial charge in [-0.25, -0.2) is 0 Å². The second-order valence-electron chi connectivity index (χ2n) is 4.54. The van der Waals surface area contributed by atoms with Gasteiger partial charge in [-0.2, -0.15) is 0 Å². The number of carbonyl (C=O) groups is 2. The maximum absolute atomic E-state index is 11.8. The number of nitrogens with two attached hydrogens (primary N) is 1. The predicted octanol–water partition coefficient (Wildman–Crippen LogP) is 0.719. The molecule has 4 nitrogen and oxygen atoms in total. The van der Waals surface area contributed by atoms with Crippen LogP contribution in [0.15, 0.2) is 53.1 Å². The summed E-state index contributed by atoms with van der Waals surface area (Å²) in [6, 6.07) is -0.0438. The van der Waals surface area contributed by atoms with Crippen LogP contribution in [-0.4, -0.2) is 23.4 Å². The van der Waals surface area contributed by atoms with Crippen molar-refractivity contribution in [3.8, 4) is 0 Å². The van der Waals surface area contributed by atoms with Crippen molar-refractivity contribution in [2.24, 2.45) is 22.6 Å². The van der Waals surface area contributed by atoms with E-state index in [-0.39, 0.29) is 17.7 Å². The van der Waals surface area contributed by atoms with Gasteiger partial charge in [-0.1, -0.05) is 36.5 Å². The van der Waals surface area contributed by atoms with Gasteiger partial charge >= 0.3 is 0 Å². The van der Waals surface area contributed by atoms with Crippen LogP contribution in [0.2, 0.25) is 0 Å². The Morgan fingerprint density at radius 2 is 2.00 bits per heavy atom. The molecule has 18 heavy (non-hydrogen) atoms. The predicted molar refractivity (Wildman–Crippen MR) is 67.9 cm³/mol. The Labute approximate surface area is 104 Å². The monoisotopic (exact) mass is 240 g/mol. The Balaban J connectivity index is 2.09. The molecule has 1 heterocycles. The molecule has 0 radical (unpaired) electrons. The molecule has 0 bridgehead atoms. The minimum Gasteiger partial charge on any atom is -0.369 e. The summed E-state index contributed by atoms with van der Waals surface area (Å²) in [5.74, 6) is -1.04. The highest BCUT2D eigenvalue weighted by molar-refractivity contribution is 6.51. The van der Waals surface area contributed by atoms with Gasteiger partial charge in [0.1, 0.15) is 5.71 Å². The Hall–Kier alpha value is -2.23. The van der Waals surface area contributed by atoms with E-state index >= 15 is 0 Å². The average Bonchev–Trinajstić information content (AvgIpc) is 2.37. The van der Waals surface area contributed by atoms with E-state index in [1.807, 2.05) is 30.4 Å². The third-order valence-corrected chi connectivity index (χ3v) is 3.39. The number of fused-ring (bicyclic) bond motifs is 2. The van der Waals surface area contributed by atoms with Crippen LogP contribution in [0.3, 0.4) is 0 Å². The molecule has 2 aliphatic carbocycles. The van der Waals surface area contributed by atoms with Crippen molar-refractivity contribution in [3.05, 3.63) is 48.1 Å². The summed E-state index contributed by atoms with van der Waals surface area (Å²) in [5.41, 5.74) is 6.38. The van der Waals surface area contributed by atoms with Crippen molar-refractivity contribution in [2.45, 2.75) is 6.04 Å². The van der Waals surface area contributed by atoms with Gasteiger partial charge in [0, 0.05) is 5.92 Å². The van der Waals surface area contributed by atoms with Gasteiger partial charge < -0.3 is 5.73 Å². The maximum Gasteiger partial charge on any atom is 0.228 e. The summed E-state index contributed by atoms with van der Waals surface area (Å²) in [6.07, 6.45) is 12.7. The van der Waals surface area contributed by atoms with Gasteiger partial charge in [-0.3, -0.25) is 14.6 Å². The Kier molecular flexibility index (Phi) is 2.37. The van der Waals surface area contributed by atoms with Gasteiger partial charge in [0.15, 0.2) is 0 Å². The Bertz CT molecular complexity index is 579. The van der Waals surface area contributed by atoms with Crippen molar-refractivity contribution in [3.63, 3.8) is 0 Å². The summed E-state index contributed by atoms with van der Waals surface area (Å²) in [6.45, 7) is 0. The van der Waals surface area contributed by atoms with E-state index in [9.17, 15) is 9.59 Å². The molecule has 3 unspecified atom stereocenters. The lowest BCUT2D eigenvalue weighted by Gasteiger charge is -2.29. The number of ketones is 1. The molecule has 0 spiro atoms. The van der Waals surface area contributed by atoms with Crippen LogP contribution in [0.1, 0.15) is 0 Å². The number of hydrogen-bond donors (Lipinski definition) is 1. The van der Waals surface area contributed by atoms with Crippen LogP contribution in [0.5, 0.6) is 0 Å². The van der Waals surface area contributed by atoms with E-state index in [1.165, 1.54) is 6.08 Å². The topological polar surface area (TPSA) is 72.5 Å². The first kappa shape index (κ1) is 10.9. The van der Waals surface area contributed by atoms with Crippen LogP contribution in [0.25, 0.3) is 0 Å². The number of rotatable bonds is 1. The maximum atomic E-state index is 11.8. The summed E-state index contributed by atoms with van der Waals surface area (Å²) in [7, 11) is 0. The first-order chi connectivity index (χ1) is 8.66. The van der Waals surface area contributed by atoms with Crippen molar-refractivity contribution in [1.82, 2.24) is 0 Å². The first-order valence-electron chi connectivity index (χ1n) is 5.83. The Morgan fingerprint density at radius 1 is 1.22 bits per heavy atom. The number of hydrogen-bond acceptors (Lipinski definition) is 3. The second-order valence-corrected chi connectivity index (χ2v) is 4.54. The number of allylic oxidation sites excluding steroid dienone is 3. The van der Waals surface area contributed by atoms with E-state index in [1.54, 1.807) is 6.08 Å². The molecule has 0 aromatic carbocycles. The zero-order chi connectivity index (χ0) is 12.7. The SMILES string of the molecule is NC(=O)C1C=CC(=O)C2=NC3C=CC=CC3C=C21. The fourth-order valence-corrected chi connectivity index (χ4v) is 2.48. The van der Waals surface area contributed by atoms with E-state index in [4.69, 9.17) is 5.73 Å². The number of carbonyl (C=O) groups excluding carboxylic acids is 2. The van der Waals surface area contributed by atoms with Crippen LogP contribution in [-0.2, 0) is 9.59 Å². The van der Waals surface area contributed by atoms with Gasteiger partial charge in [-0.05, 0) is 11.6 Å². The molecule has 0 fully saturated rings. The molecule has 3 rings (SSSR count). The average molecular weight is 240 g/mol. The van der Waals surface area contributed by atoms with Crippen LogP contribution in [0, 0.1) is 11.8 Å². The van der Waals surface area contributed by atoms with Gasteiger partial charge in [0.05, 0.1) is 12.0 Å². The normalized spacial score (nSPS) is 32.4. The molecule has 2 N–H and O–H groups in total. The summed E-state index contributed by atoms with van der Waals surface area (Å²) in [4.78, 5) is 27.7. The molecule has 4 heteroatoms.